The maximum absolute atomic E-state index is 12.8. The Morgan fingerprint density at radius 1 is 1.39 bits per heavy atom. The van der Waals surface area contributed by atoms with Gasteiger partial charge in [-0.1, -0.05) is 0 Å². The highest BCUT2D eigenvalue weighted by molar-refractivity contribution is 7.91. The molecule has 1 fully saturated rings. The molecule has 1 atom stereocenters. The van der Waals surface area contributed by atoms with Crippen molar-refractivity contribution in [3.05, 3.63) is 33.4 Å². The van der Waals surface area contributed by atoms with Crippen LogP contribution in [0.1, 0.15) is 17.7 Å². The monoisotopic (exact) mass is 371 g/mol. The summed E-state index contributed by atoms with van der Waals surface area (Å²) in [4.78, 5) is 18.1. The molecule has 3 heterocycles. The highest BCUT2D eigenvalue weighted by atomic mass is 32.2. The molecule has 23 heavy (non-hydrogen) atoms. The van der Waals surface area contributed by atoms with E-state index in [1.54, 1.807) is 23.7 Å². The zero-order valence-corrected chi connectivity index (χ0v) is 15.2. The van der Waals surface area contributed by atoms with Gasteiger partial charge in [-0.15, -0.1) is 22.7 Å². The quantitative estimate of drug-likeness (QED) is 0.825. The van der Waals surface area contributed by atoms with Crippen LogP contribution in [0.5, 0.6) is 0 Å². The van der Waals surface area contributed by atoms with E-state index >= 15 is 0 Å². The molecule has 0 aromatic carbocycles. The number of sulfonamides is 1. The minimum Gasteiger partial charge on any atom is -0.327 e. The van der Waals surface area contributed by atoms with Crippen molar-refractivity contribution in [1.29, 1.82) is 0 Å². The molecular weight excluding hydrogens is 354 g/mol. The van der Waals surface area contributed by atoms with E-state index in [1.165, 1.54) is 27.0 Å². The Kier molecular flexibility index (Phi) is 4.54. The lowest BCUT2D eigenvalue weighted by molar-refractivity contribution is -0.121. The molecule has 1 unspecified atom stereocenters. The number of thiophene rings is 1. The average Bonchev–Trinajstić information content (AvgIpc) is 3.20. The lowest BCUT2D eigenvalue weighted by Crippen LogP contribution is -2.40. The van der Waals surface area contributed by atoms with E-state index in [0.717, 1.165) is 4.88 Å². The molecular formula is C14H17N3O3S3. The van der Waals surface area contributed by atoms with Crippen molar-refractivity contribution in [2.24, 2.45) is 12.0 Å². The van der Waals surface area contributed by atoms with Gasteiger partial charge in [0.15, 0.2) is 4.80 Å². The number of aryl methyl sites for hydroxylation is 2. The standard InChI is InChI=1S/C14H17N3O3S3/c1-10-5-6-12(22-10)23(19,20)17-7-3-4-11(17)13(18)15-14-16(2)8-9-21-14/h5-6,8-9,11H,3-4,7H2,1-2H3. The van der Waals surface area contributed by atoms with Crippen LogP contribution in [0.4, 0.5) is 0 Å². The van der Waals surface area contributed by atoms with Crippen molar-refractivity contribution >= 4 is 38.6 Å². The van der Waals surface area contributed by atoms with Crippen LogP contribution in [-0.4, -0.2) is 35.8 Å². The summed E-state index contributed by atoms with van der Waals surface area (Å²) in [6.07, 6.45) is 3.00. The van der Waals surface area contributed by atoms with E-state index in [-0.39, 0.29) is 4.21 Å². The van der Waals surface area contributed by atoms with Gasteiger partial charge in [-0.05, 0) is 31.9 Å². The van der Waals surface area contributed by atoms with E-state index in [1.807, 2.05) is 18.5 Å². The first-order chi connectivity index (χ1) is 10.9. The van der Waals surface area contributed by atoms with Gasteiger partial charge >= 0.3 is 0 Å². The molecule has 124 valence electrons. The number of nitrogens with zero attached hydrogens (tertiary/aromatic N) is 3. The van der Waals surface area contributed by atoms with Crippen LogP contribution in [0.15, 0.2) is 32.9 Å². The van der Waals surface area contributed by atoms with Gasteiger partial charge in [0, 0.05) is 30.0 Å². The molecule has 2 aromatic heterocycles. The first-order valence-electron chi connectivity index (χ1n) is 7.16. The number of hydrogen-bond acceptors (Lipinski definition) is 5. The van der Waals surface area contributed by atoms with Gasteiger partial charge in [-0.25, -0.2) is 8.42 Å². The Morgan fingerprint density at radius 2 is 2.17 bits per heavy atom. The summed E-state index contributed by atoms with van der Waals surface area (Å²) in [5.41, 5.74) is 0. The highest BCUT2D eigenvalue weighted by Gasteiger charge is 2.40. The Bertz CT molecular complexity index is 892. The third-order valence-electron chi connectivity index (χ3n) is 3.73. The highest BCUT2D eigenvalue weighted by Crippen LogP contribution is 2.30. The molecule has 0 saturated carbocycles. The first kappa shape index (κ1) is 16.6. The minimum atomic E-state index is -3.63. The summed E-state index contributed by atoms with van der Waals surface area (Å²) in [5, 5.41) is 1.84. The largest absolute Gasteiger partial charge is 0.327 e. The smallest absolute Gasteiger partial charge is 0.266 e. The number of carbonyl (C=O) groups excluding carboxylic acids is 1. The van der Waals surface area contributed by atoms with Gasteiger partial charge in [0.2, 0.25) is 0 Å². The SMILES string of the molecule is Cc1ccc(S(=O)(=O)N2CCCC2C(=O)N=c2sccn2C)s1. The molecule has 1 amide bonds. The predicted octanol–water partition coefficient (Wildman–Crippen LogP) is 1.74. The van der Waals surface area contributed by atoms with Crippen LogP contribution < -0.4 is 4.80 Å². The molecule has 0 radical (unpaired) electrons. The Morgan fingerprint density at radius 3 is 2.78 bits per heavy atom. The van der Waals surface area contributed by atoms with Crippen molar-refractivity contribution in [1.82, 2.24) is 8.87 Å². The third-order valence-corrected chi connectivity index (χ3v) is 7.96. The molecule has 0 N–H and O–H groups in total. The van der Waals surface area contributed by atoms with Crippen LogP contribution in [-0.2, 0) is 21.9 Å². The molecule has 0 spiro atoms. The lowest BCUT2D eigenvalue weighted by Gasteiger charge is -2.20. The summed E-state index contributed by atoms with van der Waals surface area (Å²) < 4.78 is 28.9. The van der Waals surface area contributed by atoms with Crippen LogP contribution in [0.3, 0.4) is 0 Å². The fourth-order valence-electron chi connectivity index (χ4n) is 2.54. The molecule has 6 nitrogen and oxygen atoms in total. The molecule has 0 aliphatic carbocycles. The maximum atomic E-state index is 12.8. The van der Waals surface area contributed by atoms with Crippen molar-refractivity contribution < 1.29 is 13.2 Å². The van der Waals surface area contributed by atoms with Gasteiger partial charge < -0.3 is 4.57 Å². The summed E-state index contributed by atoms with van der Waals surface area (Å²) in [5.74, 6) is -0.391. The molecule has 9 heteroatoms. The van der Waals surface area contributed by atoms with E-state index < -0.39 is 22.0 Å². The predicted molar refractivity (Wildman–Crippen MR) is 89.8 cm³/mol. The number of thiazole rings is 1. The molecule has 0 bridgehead atoms. The number of carbonyl (C=O) groups is 1. The number of hydrogen-bond donors (Lipinski definition) is 0. The minimum absolute atomic E-state index is 0.288. The zero-order chi connectivity index (χ0) is 16.6. The molecule has 3 rings (SSSR count). The number of rotatable bonds is 3. The van der Waals surface area contributed by atoms with Crippen LogP contribution in [0.2, 0.25) is 0 Å². The Balaban J connectivity index is 1.92. The molecule has 1 aliphatic rings. The van der Waals surface area contributed by atoms with Gasteiger partial charge in [0.05, 0.1) is 0 Å². The number of aromatic nitrogens is 1. The van der Waals surface area contributed by atoms with Gasteiger partial charge in [0.1, 0.15) is 10.3 Å². The summed E-state index contributed by atoms with van der Waals surface area (Å²) in [6.45, 7) is 2.23. The second kappa shape index (κ2) is 6.31. The topological polar surface area (TPSA) is 71.7 Å². The summed E-state index contributed by atoms with van der Waals surface area (Å²) in [6, 6.07) is 2.68. The molecule has 1 aliphatic heterocycles. The number of amides is 1. The second-order valence-electron chi connectivity index (χ2n) is 5.39. The van der Waals surface area contributed by atoms with Crippen LogP contribution >= 0.6 is 22.7 Å². The third kappa shape index (κ3) is 3.18. The Labute approximate surface area is 142 Å². The summed E-state index contributed by atoms with van der Waals surface area (Å²) in [7, 11) is -1.83. The Hall–Kier alpha value is -1.29. The lowest BCUT2D eigenvalue weighted by atomic mass is 10.2. The van der Waals surface area contributed by atoms with Gasteiger partial charge in [-0.3, -0.25) is 4.79 Å². The van der Waals surface area contributed by atoms with Crippen molar-refractivity contribution in [3.8, 4) is 0 Å². The van der Waals surface area contributed by atoms with E-state index in [4.69, 9.17) is 0 Å². The first-order valence-corrected chi connectivity index (χ1v) is 10.3. The second-order valence-corrected chi connectivity index (χ2v) is 9.66. The van der Waals surface area contributed by atoms with E-state index in [0.29, 0.717) is 24.2 Å². The normalized spacial score (nSPS) is 20.3. The molecule has 1 saturated heterocycles. The van der Waals surface area contributed by atoms with Crippen LogP contribution in [0.25, 0.3) is 0 Å². The fourth-order valence-corrected chi connectivity index (χ4v) is 6.34. The van der Waals surface area contributed by atoms with Gasteiger partial charge in [-0.2, -0.15) is 9.30 Å². The van der Waals surface area contributed by atoms with Crippen molar-refractivity contribution in [2.45, 2.75) is 30.0 Å². The van der Waals surface area contributed by atoms with E-state index in [9.17, 15) is 13.2 Å². The zero-order valence-electron chi connectivity index (χ0n) is 12.8. The summed E-state index contributed by atoms with van der Waals surface area (Å²) >= 11 is 2.58. The van der Waals surface area contributed by atoms with Gasteiger partial charge in [0.25, 0.3) is 15.9 Å². The van der Waals surface area contributed by atoms with Crippen molar-refractivity contribution in [2.75, 3.05) is 6.54 Å². The fraction of sp³-hybridized carbons (Fsp3) is 0.429. The van der Waals surface area contributed by atoms with E-state index in [2.05, 4.69) is 4.99 Å². The molecule has 2 aromatic rings. The van der Waals surface area contributed by atoms with Crippen molar-refractivity contribution in [3.63, 3.8) is 0 Å². The maximum Gasteiger partial charge on any atom is 0.266 e. The van der Waals surface area contributed by atoms with Crippen LogP contribution in [0, 0.1) is 6.92 Å². The average molecular weight is 372 g/mol.